The van der Waals surface area contributed by atoms with Crippen LogP contribution in [-0.2, 0) is 17.8 Å². The second kappa shape index (κ2) is 7.59. The highest BCUT2D eigenvalue weighted by Crippen LogP contribution is 2.16. The van der Waals surface area contributed by atoms with E-state index in [4.69, 9.17) is 0 Å². The molecule has 0 aliphatic carbocycles. The lowest BCUT2D eigenvalue weighted by molar-refractivity contribution is -0.116. The number of rotatable bonds is 6. The van der Waals surface area contributed by atoms with E-state index in [0.717, 1.165) is 28.2 Å². The third-order valence-corrected chi connectivity index (χ3v) is 4.73. The predicted octanol–water partition coefficient (Wildman–Crippen LogP) is 2.56. The van der Waals surface area contributed by atoms with Crippen molar-refractivity contribution in [1.82, 2.24) is 29.4 Å². The molecule has 0 fully saturated rings. The van der Waals surface area contributed by atoms with E-state index in [0.29, 0.717) is 25.2 Å². The van der Waals surface area contributed by atoms with Gasteiger partial charge < -0.3 is 5.32 Å². The van der Waals surface area contributed by atoms with Crippen LogP contribution < -0.4 is 5.32 Å². The van der Waals surface area contributed by atoms with Gasteiger partial charge in [0.25, 0.3) is 5.78 Å². The van der Waals surface area contributed by atoms with Gasteiger partial charge >= 0.3 is 0 Å². The maximum absolute atomic E-state index is 12.4. The third kappa shape index (κ3) is 3.75. The van der Waals surface area contributed by atoms with Crippen molar-refractivity contribution in [1.29, 1.82) is 0 Å². The molecule has 1 N–H and O–H groups in total. The Morgan fingerprint density at radius 2 is 1.96 bits per heavy atom. The molecule has 1 aromatic carbocycles. The normalized spacial score (nSPS) is 11.1. The molecule has 3 heterocycles. The van der Waals surface area contributed by atoms with Gasteiger partial charge in [0, 0.05) is 35.9 Å². The fourth-order valence-electron chi connectivity index (χ4n) is 3.25. The van der Waals surface area contributed by atoms with E-state index in [9.17, 15) is 4.79 Å². The summed E-state index contributed by atoms with van der Waals surface area (Å²) in [7, 11) is 0. The molecule has 0 spiro atoms. The number of hydrogen-bond acceptors (Lipinski definition) is 5. The van der Waals surface area contributed by atoms with Gasteiger partial charge in [-0.25, -0.2) is 9.50 Å². The average Bonchev–Trinajstić information content (AvgIpc) is 3.35. The lowest BCUT2D eigenvalue weighted by Crippen LogP contribution is -2.14. The number of benzene rings is 1. The number of carbonyl (C=O) groups excluding carboxylic acids is 1. The Labute approximate surface area is 162 Å². The van der Waals surface area contributed by atoms with Crippen LogP contribution in [0.25, 0.3) is 5.78 Å². The van der Waals surface area contributed by atoms with Gasteiger partial charge in [0.05, 0.1) is 6.54 Å². The first-order valence-electron chi connectivity index (χ1n) is 9.12. The van der Waals surface area contributed by atoms with Crippen molar-refractivity contribution in [3.05, 3.63) is 71.6 Å². The highest BCUT2D eigenvalue weighted by atomic mass is 16.1. The van der Waals surface area contributed by atoms with Gasteiger partial charge in [-0.15, -0.1) is 0 Å². The molecule has 28 heavy (non-hydrogen) atoms. The summed E-state index contributed by atoms with van der Waals surface area (Å²) in [5, 5.41) is 11.3. The van der Waals surface area contributed by atoms with Gasteiger partial charge in [0.15, 0.2) is 0 Å². The standard InChI is InChI=1S/C20H21N7O/c1-14-18(15(2)27-20(24-14)21-13-23-27)8-9-19(28)25-17-6-4-16(5-7-17)12-26-11-3-10-22-26/h3-7,10-11,13H,8-9,12H2,1-2H3,(H,25,28). The third-order valence-electron chi connectivity index (χ3n) is 4.73. The van der Waals surface area contributed by atoms with E-state index in [1.807, 2.05) is 55.1 Å². The lowest BCUT2D eigenvalue weighted by Gasteiger charge is -2.11. The number of nitrogens with one attached hydrogen (secondary N) is 1. The summed E-state index contributed by atoms with van der Waals surface area (Å²) >= 11 is 0. The number of hydrogen-bond donors (Lipinski definition) is 1. The van der Waals surface area contributed by atoms with Gasteiger partial charge in [0.1, 0.15) is 6.33 Å². The number of aryl methyl sites for hydroxylation is 2. The molecular formula is C20H21N7O. The van der Waals surface area contributed by atoms with Crippen LogP contribution in [0.3, 0.4) is 0 Å². The molecule has 0 bridgehead atoms. The molecule has 1 amide bonds. The van der Waals surface area contributed by atoms with E-state index < -0.39 is 0 Å². The zero-order chi connectivity index (χ0) is 19.5. The number of fused-ring (bicyclic) bond motifs is 1. The van der Waals surface area contributed by atoms with Crippen molar-refractivity contribution >= 4 is 17.4 Å². The summed E-state index contributed by atoms with van der Waals surface area (Å²) in [6, 6.07) is 9.71. The van der Waals surface area contributed by atoms with Crippen molar-refractivity contribution in [2.45, 2.75) is 33.2 Å². The highest BCUT2D eigenvalue weighted by molar-refractivity contribution is 5.90. The van der Waals surface area contributed by atoms with E-state index in [1.165, 1.54) is 6.33 Å². The van der Waals surface area contributed by atoms with Crippen LogP contribution in [0.15, 0.2) is 49.1 Å². The summed E-state index contributed by atoms with van der Waals surface area (Å²) < 4.78 is 3.57. The van der Waals surface area contributed by atoms with Crippen LogP contribution in [0.5, 0.6) is 0 Å². The minimum atomic E-state index is -0.0303. The smallest absolute Gasteiger partial charge is 0.252 e. The van der Waals surface area contributed by atoms with E-state index in [-0.39, 0.29) is 5.91 Å². The molecule has 0 saturated carbocycles. The van der Waals surface area contributed by atoms with E-state index >= 15 is 0 Å². The fraction of sp³-hybridized carbons (Fsp3) is 0.250. The lowest BCUT2D eigenvalue weighted by atomic mass is 10.1. The van der Waals surface area contributed by atoms with Crippen molar-refractivity contribution in [3.63, 3.8) is 0 Å². The fourth-order valence-corrected chi connectivity index (χ4v) is 3.25. The summed E-state index contributed by atoms with van der Waals surface area (Å²) in [5.74, 6) is 0.552. The van der Waals surface area contributed by atoms with Gasteiger partial charge in [-0.05, 0) is 49.6 Å². The number of nitrogens with zero attached hydrogens (tertiary/aromatic N) is 6. The van der Waals surface area contributed by atoms with Gasteiger partial charge in [-0.3, -0.25) is 9.48 Å². The molecule has 3 aromatic heterocycles. The Bertz CT molecular complexity index is 1100. The number of amides is 1. The highest BCUT2D eigenvalue weighted by Gasteiger charge is 2.12. The zero-order valence-electron chi connectivity index (χ0n) is 15.8. The molecule has 0 atom stereocenters. The van der Waals surface area contributed by atoms with Crippen LogP contribution in [-0.4, -0.2) is 35.3 Å². The summed E-state index contributed by atoms with van der Waals surface area (Å²) in [6.45, 7) is 4.62. The average molecular weight is 375 g/mol. The van der Waals surface area contributed by atoms with Crippen molar-refractivity contribution < 1.29 is 4.79 Å². The monoisotopic (exact) mass is 375 g/mol. The molecule has 4 aromatic rings. The SMILES string of the molecule is Cc1nc2ncnn2c(C)c1CCC(=O)Nc1ccc(Cn2cccn2)cc1. The molecule has 0 aliphatic heterocycles. The predicted molar refractivity (Wildman–Crippen MR) is 105 cm³/mol. The van der Waals surface area contributed by atoms with E-state index in [1.54, 1.807) is 10.7 Å². The molecule has 8 heteroatoms. The molecule has 4 rings (SSSR count). The van der Waals surface area contributed by atoms with Crippen molar-refractivity contribution in [2.24, 2.45) is 0 Å². The first-order chi connectivity index (χ1) is 13.6. The topological polar surface area (TPSA) is 90.0 Å². The molecule has 8 nitrogen and oxygen atoms in total. The Morgan fingerprint density at radius 3 is 2.71 bits per heavy atom. The van der Waals surface area contributed by atoms with Crippen LogP contribution in [0.2, 0.25) is 0 Å². The molecule has 0 aliphatic rings. The van der Waals surface area contributed by atoms with E-state index in [2.05, 4.69) is 25.5 Å². The van der Waals surface area contributed by atoms with Gasteiger partial charge in [0.2, 0.25) is 5.91 Å². The Morgan fingerprint density at radius 1 is 1.14 bits per heavy atom. The largest absolute Gasteiger partial charge is 0.326 e. The van der Waals surface area contributed by atoms with Gasteiger partial charge in [-0.1, -0.05) is 12.1 Å². The molecular weight excluding hydrogens is 354 g/mol. The number of carbonyl (C=O) groups is 1. The summed E-state index contributed by atoms with van der Waals surface area (Å²) in [5.41, 5.74) is 4.79. The van der Waals surface area contributed by atoms with Gasteiger partial charge in [-0.2, -0.15) is 15.2 Å². The van der Waals surface area contributed by atoms with Crippen LogP contribution in [0.4, 0.5) is 5.69 Å². The van der Waals surface area contributed by atoms with Crippen molar-refractivity contribution in [3.8, 4) is 0 Å². The molecule has 142 valence electrons. The quantitative estimate of drug-likeness (QED) is 0.559. The first-order valence-corrected chi connectivity index (χ1v) is 9.12. The second-order valence-electron chi connectivity index (χ2n) is 6.68. The van der Waals surface area contributed by atoms with Crippen LogP contribution in [0, 0.1) is 13.8 Å². The summed E-state index contributed by atoms with van der Waals surface area (Å²) in [4.78, 5) is 21.0. The second-order valence-corrected chi connectivity index (χ2v) is 6.68. The Hall–Kier alpha value is -3.55. The minimum absolute atomic E-state index is 0.0303. The Balaban J connectivity index is 1.37. The maximum Gasteiger partial charge on any atom is 0.252 e. The summed E-state index contributed by atoms with van der Waals surface area (Å²) in [6.07, 6.45) is 6.14. The van der Waals surface area contributed by atoms with Crippen molar-refractivity contribution in [2.75, 3.05) is 5.32 Å². The number of aromatic nitrogens is 6. The van der Waals surface area contributed by atoms with Crippen LogP contribution in [0.1, 0.15) is 28.9 Å². The minimum Gasteiger partial charge on any atom is -0.326 e. The molecule has 0 radical (unpaired) electrons. The van der Waals surface area contributed by atoms with Crippen LogP contribution >= 0.6 is 0 Å². The first kappa shape index (κ1) is 17.8. The molecule has 0 saturated heterocycles. The maximum atomic E-state index is 12.4. The number of anilines is 1. The Kier molecular flexibility index (Phi) is 4.84. The molecule has 0 unspecified atom stereocenters. The zero-order valence-corrected chi connectivity index (χ0v) is 15.8.